The van der Waals surface area contributed by atoms with Crippen LogP contribution in [0.3, 0.4) is 0 Å². The van der Waals surface area contributed by atoms with Gasteiger partial charge in [-0.25, -0.2) is 13.1 Å². The average molecular weight is 391 g/mol. The molecule has 0 saturated heterocycles. The lowest BCUT2D eigenvalue weighted by Gasteiger charge is -2.34. The Balaban J connectivity index is 1.88. The van der Waals surface area contributed by atoms with Gasteiger partial charge in [0.05, 0.1) is 10.4 Å². The van der Waals surface area contributed by atoms with Crippen molar-refractivity contribution in [3.05, 3.63) is 41.0 Å². The number of nitrogens with zero attached hydrogens (tertiary/aromatic N) is 1. The van der Waals surface area contributed by atoms with Gasteiger partial charge in [0, 0.05) is 19.5 Å². The second-order valence-electron chi connectivity index (χ2n) is 7.66. The van der Waals surface area contributed by atoms with E-state index in [0.717, 1.165) is 42.4 Å². The zero-order valence-corrected chi connectivity index (χ0v) is 17.4. The molecule has 0 bridgehead atoms. The molecule has 1 aromatic carbocycles. The Kier molecular flexibility index (Phi) is 5.77. The maximum Gasteiger partial charge on any atom is 0.241 e. The number of nitrogens with one attached hydrogen (secondary N) is 1. The van der Waals surface area contributed by atoms with Gasteiger partial charge >= 0.3 is 0 Å². The van der Waals surface area contributed by atoms with E-state index in [-0.39, 0.29) is 5.91 Å². The third-order valence-electron chi connectivity index (χ3n) is 5.99. The lowest BCUT2D eigenvalue weighted by molar-refractivity contribution is -0.131. The molecule has 6 heteroatoms. The molecule has 0 aromatic heterocycles. The molecular formula is C21H30N2O3S. The number of rotatable bonds is 5. The van der Waals surface area contributed by atoms with Crippen molar-refractivity contribution in [2.45, 2.75) is 71.4 Å². The molecule has 5 nitrogen and oxygen atoms in total. The number of amides is 1. The summed E-state index contributed by atoms with van der Waals surface area (Å²) in [5.41, 5.74) is 2.30. The Morgan fingerprint density at radius 1 is 1.11 bits per heavy atom. The van der Waals surface area contributed by atoms with Gasteiger partial charge < -0.3 is 4.90 Å². The van der Waals surface area contributed by atoms with Crippen LogP contribution in [-0.2, 0) is 21.4 Å². The highest BCUT2D eigenvalue weighted by molar-refractivity contribution is 7.99. The van der Waals surface area contributed by atoms with Crippen LogP contribution in [0.15, 0.2) is 29.8 Å². The minimum atomic E-state index is -3.49. The number of benzene rings is 1. The smallest absolute Gasteiger partial charge is 0.241 e. The standard InChI is InChI=1S/C21H30N2O3S/c1-4-19(24)23(5-2)15-17-9-11-18(12-10-17)20-16(3)21(22-27(20,25)26)13-7-6-8-14-21/h9-12,22H,4-8,13-15H2,1-3H3. The zero-order valence-electron chi connectivity index (χ0n) is 16.5. The van der Waals surface area contributed by atoms with Crippen molar-refractivity contribution in [1.82, 2.24) is 9.62 Å². The summed E-state index contributed by atoms with van der Waals surface area (Å²) in [6.45, 7) is 7.01. The number of carbonyl (C=O) groups is 1. The molecule has 1 spiro atoms. The summed E-state index contributed by atoms with van der Waals surface area (Å²) in [4.78, 5) is 14.2. The first-order valence-corrected chi connectivity index (χ1v) is 11.4. The van der Waals surface area contributed by atoms with Crippen LogP contribution in [-0.4, -0.2) is 31.3 Å². The molecule has 2 aliphatic rings. The fourth-order valence-corrected chi connectivity index (χ4v) is 6.41. The maximum absolute atomic E-state index is 12.9. The van der Waals surface area contributed by atoms with E-state index in [4.69, 9.17) is 0 Å². The highest BCUT2D eigenvalue weighted by Gasteiger charge is 2.47. The Morgan fingerprint density at radius 3 is 2.30 bits per heavy atom. The van der Waals surface area contributed by atoms with Gasteiger partial charge in [0.15, 0.2) is 0 Å². The molecule has 1 aromatic rings. The van der Waals surface area contributed by atoms with Gasteiger partial charge in [-0.3, -0.25) is 4.79 Å². The van der Waals surface area contributed by atoms with Gasteiger partial charge in [0.1, 0.15) is 0 Å². The van der Waals surface area contributed by atoms with E-state index < -0.39 is 15.6 Å². The van der Waals surface area contributed by atoms with Crippen molar-refractivity contribution in [2.75, 3.05) is 6.54 Å². The molecule has 1 N–H and O–H groups in total. The first-order valence-electron chi connectivity index (χ1n) is 9.95. The average Bonchev–Trinajstić information content (AvgIpc) is 2.85. The highest BCUT2D eigenvalue weighted by Crippen LogP contribution is 2.45. The molecule has 27 heavy (non-hydrogen) atoms. The van der Waals surface area contributed by atoms with E-state index in [1.54, 1.807) is 0 Å². The number of hydrogen-bond acceptors (Lipinski definition) is 3. The largest absolute Gasteiger partial charge is 0.339 e. The van der Waals surface area contributed by atoms with Crippen LogP contribution in [0.4, 0.5) is 0 Å². The van der Waals surface area contributed by atoms with Crippen LogP contribution >= 0.6 is 0 Å². The predicted octanol–water partition coefficient (Wildman–Crippen LogP) is 3.81. The number of hydrogen-bond donors (Lipinski definition) is 1. The van der Waals surface area contributed by atoms with E-state index >= 15 is 0 Å². The lowest BCUT2D eigenvalue weighted by atomic mass is 9.77. The molecule has 0 radical (unpaired) electrons. The van der Waals surface area contributed by atoms with E-state index in [0.29, 0.717) is 24.4 Å². The van der Waals surface area contributed by atoms with Gasteiger partial charge in [-0.15, -0.1) is 0 Å². The fourth-order valence-electron chi connectivity index (χ4n) is 4.39. The number of carbonyl (C=O) groups excluding carboxylic acids is 1. The second kappa shape index (κ2) is 7.76. The third kappa shape index (κ3) is 3.83. The minimum absolute atomic E-state index is 0.127. The maximum atomic E-state index is 12.9. The van der Waals surface area contributed by atoms with Gasteiger partial charge in [-0.2, -0.15) is 0 Å². The normalized spacial score (nSPS) is 20.9. The fraction of sp³-hybridized carbons (Fsp3) is 0.571. The summed E-state index contributed by atoms with van der Waals surface area (Å²) in [6.07, 6.45) is 5.54. The first-order chi connectivity index (χ1) is 12.8. The Bertz CT molecular complexity index is 835. The van der Waals surface area contributed by atoms with Crippen molar-refractivity contribution in [3.8, 4) is 0 Å². The summed E-state index contributed by atoms with van der Waals surface area (Å²) < 4.78 is 28.7. The van der Waals surface area contributed by atoms with Crippen molar-refractivity contribution in [3.63, 3.8) is 0 Å². The lowest BCUT2D eigenvalue weighted by Crippen LogP contribution is -2.45. The van der Waals surface area contributed by atoms with E-state index in [9.17, 15) is 13.2 Å². The van der Waals surface area contributed by atoms with E-state index in [1.165, 1.54) is 6.42 Å². The van der Waals surface area contributed by atoms with Crippen LogP contribution in [0.1, 0.15) is 70.4 Å². The predicted molar refractivity (Wildman–Crippen MR) is 108 cm³/mol. The van der Waals surface area contributed by atoms with Crippen molar-refractivity contribution < 1.29 is 13.2 Å². The summed E-state index contributed by atoms with van der Waals surface area (Å²) in [7, 11) is -3.49. The number of sulfonamides is 1. The van der Waals surface area contributed by atoms with E-state index in [2.05, 4.69) is 4.72 Å². The van der Waals surface area contributed by atoms with Crippen LogP contribution < -0.4 is 4.72 Å². The van der Waals surface area contributed by atoms with Crippen molar-refractivity contribution >= 4 is 20.8 Å². The SMILES string of the molecule is CCC(=O)N(CC)Cc1ccc(C2=C(C)C3(CCCCC3)NS2(=O)=O)cc1. The minimum Gasteiger partial charge on any atom is -0.339 e. The second-order valence-corrected chi connectivity index (χ2v) is 9.28. The van der Waals surface area contributed by atoms with Crippen LogP contribution in [0.2, 0.25) is 0 Å². The van der Waals surface area contributed by atoms with Gasteiger partial charge in [-0.1, -0.05) is 50.5 Å². The quantitative estimate of drug-likeness (QED) is 0.831. The molecule has 1 fully saturated rings. The molecule has 3 rings (SSSR count). The third-order valence-corrected chi connectivity index (χ3v) is 7.73. The Morgan fingerprint density at radius 2 is 1.74 bits per heavy atom. The molecule has 148 valence electrons. The zero-order chi connectivity index (χ0) is 19.7. The molecule has 1 saturated carbocycles. The first kappa shape index (κ1) is 20.1. The monoisotopic (exact) mass is 390 g/mol. The summed E-state index contributed by atoms with van der Waals surface area (Å²) in [6, 6.07) is 7.62. The molecule has 0 unspecified atom stereocenters. The highest BCUT2D eigenvalue weighted by atomic mass is 32.2. The van der Waals surface area contributed by atoms with Gasteiger partial charge in [-0.05, 0) is 43.4 Å². The van der Waals surface area contributed by atoms with Gasteiger partial charge in [0.2, 0.25) is 15.9 Å². The molecular weight excluding hydrogens is 360 g/mol. The topological polar surface area (TPSA) is 66.5 Å². The van der Waals surface area contributed by atoms with Gasteiger partial charge in [0.25, 0.3) is 0 Å². The molecule has 1 aliphatic carbocycles. The van der Waals surface area contributed by atoms with E-state index in [1.807, 2.05) is 49.9 Å². The Labute approximate surface area is 162 Å². The van der Waals surface area contributed by atoms with Crippen LogP contribution in [0.5, 0.6) is 0 Å². The molecule has 1 amide bonds. The molecule has 1 aliphatic heterocycles. The summed E-state index contributed by atoms with van der Waals surface area (Å²) in [5.74, 6) is 0.127. The summed E-state index contributed by atoms with van der Waals surface area (Å²) in [5, 5.41) is 0. The summed E-state index contributed by atoms with van der Waals surface area (Å²) >= 11 is 0. The van der Waals surface area contributed by atoms with Crippen LogP contribution in [0.25, 0.3) is 4.91 Å². The Hall–Kier alpha value is -1.66. The molecule has 0 atom stereocenters. The van der Waals surface area contributed by atoms with Crippen LogP contribution in [0, 0.1) is 0 Å². The van der Waals surface area contributed by atoms with Crippen molar-refractivity contribution in [1.29, 1.82) is 0 Å². The molecule has 1 heterocycles. The van der Waals surface area contributed by atoms with Crippen molar-refractivity contribution in [2.24, 2.45) is 0 Å².